The van der Waals surface area contributed by atoms with E-state index in [9.17, 15) is 22.9 Å². The lowest BCUT2D eigenvalue weighted by molar-refractivity contribution is 0.0325. The summed E-state index contributed by atoms with van der Waals surface area (Å²) in [6, 6.07) is 6.11. The minimum Gasteiger partial charge on any atom is -0.393 e. The summed E-state index contributed by atoms with van der Waals surface area (Å²) in [6.07, 6.45) is 6.47. The zero-order chi connectivity index (χ0) is 25.2. The summed E-state index contributed by atoms with van der Waals surface area (Å²) in [4.78, 5) is 14.6. The third kappa shape index (κ3) is 5.55. The topological polar surface area (TPSA) is 139 Å². The minimum absolute atomic E-state index is 0.00765. The highest BCUT2D eigenvalue weighted by Gasteiger charge is 2.39. The van der Waals surface area contributed by atoms with Crippen molar-refractivity contribution >= 4 is 28.2 Å². The Hall–Kier alpha value is -2.41. The maximum Gasteiger partial charge on any atom is 0.316 e. The van der Waals surface area contributed by atoms with Crippen LogP contribution in [0.1, 0.15) is 48.9 Å². The van der Waals surface area contributed by atoms with E-state index in [1.807, 2.05) is 0 Å². The van der Waals surface area contributed by atoms with E-state index in [1.165, 1.54) is 24.3 Å². The molecule has 0 radical (unpaired) electrons. The van der Waals surface area contributed by atoms with E-state index in [0.29, 0.717) is 18.3 Å². The van der Waals surface area contributed by atoms with Gasteiger partial charge in [0.05, 0.1) is 11.6 Å². The fourth-order valence-electron chi connectivity index (χ4n) is 5.08. The number of anilines is 2. The Bertz CT molecular complexity index is 1050. The Kier molecular flexibility index (Phi) is 7.84. The van der Waals surface area contributed by atoms with Crippen molar-refractivity contribution in [3.63, 3.8) is 0 Å². The fraction of sp³-hybridized carbons (Fsp3) is 0.565. The van der Waals surface area contributed by atoms with E-state index in [0.717, 1.165) is 51.6 Å². The van der Waals surface area contributed by atoms with Gasteiger partial charge in [-0.25, -0.2) is 4.21 Å². The van der Waals surface area contributed by atoms with Crippen molar-refractivity contribution in [3.8, 4) is 0 Å². The number of alkyl halides is 2. The van der Waals surface area contributed by atoms with Crippen molar-refractivity contribution in [2.45, 2.75) is 66.9 Å². The highest BCUT2D eigenvalue weighted by atomic mass is 32.2. The maximum atomic E-state index is 12.7. The second kappa shape index (κ2) is 10.7. The lowest BCUT2D eigenvalue weighted by Crippen LogP contribution is -2.50. The van der Waals surface area contributed by atoms with Crippen LogP contribution in [-0.2, 0) is 16.3 Å². The van der Waals surface area contributed by atoms with Crippen molar-refractivity contribution in [3.05, 3.63) is 36.0 Å². The molecule has 2 aromatic rings. The lowest BCUT2D eigenvalue weighted by atomic mass is 9.78. The van der Waals surface area contributed by atoms with Crippen LogP contribution in [0.5, 0.6) is 0 Å². The van der Waals surface area contributed by atoms with Gasteiger partial charge in [0.1, 0.15) is 16.4 Å². The number of aliphatic hydroxyl groups is 1. The van der Waals surface area contributed by atoms with Gasteiger partial charge in [-0.2, -0.15) is 13.9 Å². The number of likely N-dealkylation sites (tertiary alicyclic amines) is 1. The largest absolute Gasteiger partial charge is 0.393 e. The first-order valence-electron chi connectivity index (χ1n) is 11.8. The van der Waals surface area contributed by atoms with Crippen LogP contribution in [0, 0.1) is 0 Å². The predicted molar refractivity (Wildman–Crippen MR) is 129 cm³/mol. The van der Waals surface area contributed by atoms with Crippen molar-refractivity contribution < 1.29 is 22.9 Å². The van der Waals surface area contributed by atoms with Crippen molar-refractivity contribution in [2.75, 3.05) is 25.0 Å². The first-order valence-corrected chi connectivity index (χ1v) is 13.0. The number of nitrogens with one attached hydrogen (secondary N) is 1. The van der Waals surface area contributed by atoms with E-state index in [1.54, 1.807) is 10.9 Å². The van der Waals surface area contributed by atoms with Gasteiger partial charge in [-0.15, -0.1) is 0 Å². The molecule has 1 aliphatic carbocycles. The molecule has 1 aliphatic heterocycles. The number of carbonyl (C=O) groups is 1. The molecule has 1 aromatic heterocycles. The zero-order valence-electron chi connectivity index (χ0n) is 19.4. The van der Waals surface area contributed by atoms with Gasteiger partial charge in [0.25, 0.3) is 5.91 Å². The van der Waals surface area contributed by atoms with Crippen LogP contribution in [0.25, 0.3) is 0 Å². The molecule has 0 spiro atoms. The number of hydrogen-bond acceptors (Lipinski definition) is 7. The normalized spacial score (nSPS) is 25.0. The highest BCUT2D eigenvalue weighted by molar-refractivity contribution is 7.85. The molecular formula is C23H32F2N6O3S. The average Bonchev–Trinajstić information content (AvgIpc) is 3.29. The summed E-state index contributed by atoms with van der Waals surface area (Å²) in [7, 11) is -2.40. The third-order valence-corrected chi connectivity index (χ3v) is 8.32. The van der Waals surface area contributed by atoms with Gasteiger partial charge in [-0.05, 0) is 62.8 Å². The Morgan fingerprint density at radius 3 is 2.37 bits per heavy atom. The lowest BCUT2D eigenvalue weighted by Gasteiger charge is -2.44. The molecule has 1 saturated heterocycles. The molecule has 2 fully saturated rings. The van der Waals surface area contributed by atoms with E-state index in [-0.39, 0.29) is 22.4 Å². The molecule has 9 nitrogen and oxygen atoms in total. The molecule has 0 bridgehead atoms. The molecule has 6 N–H and O–H groups in total. The van der Waals surface area contributed by atoms with Gasteiger partial charge < -0.3 is 26.8 Å². The standard InChI is InChI=1S/C23H32F2N6O3S/c24-22(25)35(34)18-3-1-15(2-4-18)28-21-19(20(27)33)13-31(29-21)23(14-26)9-5-16(6-10-23)30-11-7-17(32)8-12-30/h1-4,13,16-17,22,32H,5-12,14,26H2,(H2,27,33)(H,28,29). The Balaban J connectivity index is 1.50. The van der Waals surface area contributed by atoms with Crippen LogP contribution in [-0.4, -0.2) is 67.4 Å². The second-order valence-electron chi connectivity index (χ2n) is 9.33. The van der Waals surface area contributed by atoms with Crippen LogP contribution in [0.3, 0.4) is 0 Å². The van der Waals surface area contributed by atoms with Crippen LogP contribution < -0.4 is 16.8 Å². The molecule has 4 rings (SSSR count). The number of hydrogen-bond donors (Lipinski definition) is 4. The van der Waals surface area contributed by atoms with Crippen LogP contribution in [0.4, 0.5) is 20.3 Å². The number of primary amides is 1. The molecule has 192 valence electrons. The molecule has 1 saturated carbocycles. The molecule has 35 heavy (non-hydrogen) atoms. The number of halogens is 2. The van der Waals surface area contributed by atoms with Crippen LogP contribution in [0.2, 0.25) is 0 Å². The third-order valence-electron chi connectivity index (χ3n) is 7.26. The van der Waals surface area contributed by atoms with Crippen LogP contribution >= 0.6 is 0 Å². The Morgan fingerprint density at radius 2 is 1.83 bits per heavy atom. The Morgan fingerprint density at radius 1 is 1.20 bits per heavy atom. The number of aliphatic hydroxyl groups excluding tert-OH is 1. The molecule has 1 unspecified atom stereocenters. The molecule has 1 atom stereocenters. The number of amides is 1. The molecule has 2 aliphatic rings. The molecule has 1 aromatic carbocycles. The van der Waals surface area contributed by atoms with Gasteiger partial charge in [0.2, 0.25) is 0 Å². The van der Waals surface area contributed by atoms with Gasteiger partial charge >= 0.3 is 5.76 Å². The minimum atomic E-state index is -2.96. The maximum absolute atomic E-state index is 12.7. The number of aromatic nitrogens is 2. The van der Waals surface area contributed by atoms with E-state index < -0.39 is 28.0 Å². The monoisotopic (exact) mass is 510 g/mol. The van der Waals surface area contributed by atoms with Gasteiger partial charge in [0.15, 0.2) is 5.82 Å². The Labute approximate surface area is 205 Å². The first-order chi connectivity index (χ1) is 16.7. The summed E-state index contributed by atoms with van der Waals surface area (Å²) in [6.45, 7) is 2.14. The number of carbonyl (C=O) groups excluding carboxylic acids is 1. The van der Waals surface area contributed by atoms with Crippen molar-refractivity contribution in [1.82, 2.24) is 14.7 Å². The van der Waals surface area contributed by atoms with Gasteiger partial charge in [-0.3, -0.25) is 9.48 Å². The molecule has 1 amide bonds. The van der Waals surface area contributed by atoms with Crippen LogP contribution in [0.15, 0.2) is 35.4 Å². The number of piperidine rings is 1. The quantitative estimate of drug-likeness (QED) is 0.426. The summed E-state index contributed by atoms with van der Waals surface area (Å²) >= 11 is 0. The summed E-state index contributed by atoms with van der Waals surface area (Å²) in [5, 5.41) is 17.4. The van der Waals surface area contributed by atoms with E-state index >= 15 is 0 Å². The summed E-state index contributed by atoms with van der Waals surface area (Å²) in [5.41, 5.74) is 12.1. The van der Waals surface area contributed by atoms with Crippen molar-refractivity contribution in [2.24, 2.45) is 11.5 Å². The fourth-order valence-corrected chi connectivity index (χ4v) is 5.69. The second-order valence-corrected chi connectivity index (χ2v) is 10.8. The van der Waals surface area contributed by atoms with Gasteiger partial charge in [-0.1, -0.05) is 0 Å². The zero-order valence-corrected chi connectivity index (χ0v) is 20.2. The predicted octanol–water partition coefficient (Wildman–Crippen LogP) is 2.11. The van der Waals surface area contributed by atoms with E-state index in [4.69, 9.17) is 11.5 Å². The average molecular weight is 511 g/mol. The number of rotatable bonds is 8. The van der Waals surface area contributed by atoms with E-state index in [2.05, 4.69) is 15.3 Å². The van der Waals surface area contributed by atoms with Gasteiger partial charge in [0, 0.05) is 42.5 Å². The smallest absolute Gasteiger partial charge is 0.316 e. The summed E-state index contributed by atoms with van der Waals surface area (Å²) < 4.78 is 38.7. The summed E-state index contributed by atoms with van der Waals surface area (Å²) in [5.74, 6) is -3.36. The highest BCUT2D eigenvalue weighted by Crippen LogP contribution is 2.38. The number of benzene rings is 1. The van der Waals surface area contributed by atoms with Crippen molar-refractivity contribution in [1.29, 1.82) is 0 Å². The molecule has 12 heteroatoms. The number of nitrogens with zero attached hydrogens (tertiary/aromatic N) is 3. The molecule has 2 heterocycles. The molecular weight excluding hydrogens is 478 g/mol. The first kappa shape index (κ1) is 25.7. The SMILES string of the molecule is NCC1(n2cc(C(N)=O)c(Nc3ccc(S(=O)C(F)F)cc3)n2)CCC(N2CCC(O)CC2)CC1. The number of nitrogens with two attached hydrogens (primary N) is 2.